The highest BCUT2D eigenvalue weighted by atomic mass is 32.2. The normalized spacial score (nSPS) is 35.9. The number of carbonyl (C=O) groups is 3. The van der Waals surface area contributed by atoms with E-state index in [0.29, 0.717) is 39.0 Å². The van der Waals surface area contributed by atoms with Gasteiger partial charge in [0, 0.05) is 30.5 Å². The van der Waals surface area contributed by atoms with Crippen molar-refractivity contribution in [1.29, 1.82) is 0 Å². The van der Waals surface area contributed by atoms with E-state index in [1.807, 2.05) is 24.0 Å². The Bertz CT molecular complexity index is 875. The van der Waals surface area contributed by atoms with Crippen molar-refractivity contribution in [2.24, 2.45) is 11.8 Å². The number of thioether (sulfide) groups is 1. The van der Waals surface area contributed by atoms with Crippen molar-refractivity contribution in [1.82, 2.24) is 9.80 Å². The molecule has 34 heavy (non-hydrogen) atoms. The molecule has 188 valence electrons. The fourth-order valence-electron chi connectivity index (χ4n) is 6.29. The van der Waals surface area contributed by atoms with Gasteiger partial charge in [-0.25, -0.2) is 0 Å². The summed E-state index contributed by atoms with van der Waals surface area (Å²) in [6.45, 7) is 7.58. The van der Waals surface area contributed by atoms with Gasteiger partial charge in [-0.3, -0.25) is 14.4 Å². The van der Waals surface area contributed by atoms with Crippen LogP contribution >= 0.6 is 11.8 Å². The highest BCUT2D eigenvalue weighted by Gasteiger charge is 2.73. The van der Waals surface area contributed by atoms with Crippen molar-refractivity contribution in [3.8, 4) is 0 Å². The number of cyclic esters (lactones) is 1. The number of likely N-dealkylation sites (tertiary alicyclic amines) is 1. The number of amides is 2. The lowest BCUT2D eigenvalue weighted by Gasteiger charge is -2.38. The van der Waals surface area contributed by atoms with Crippen LogP contribution in [0, 0.1) is 11.8 Å². The van der Waals surface area contributed by atoms with Crippen LogP contribution < -0.4 is 0 Å². The Labute approximate surface area is 206 Å². The van der Waals surface area contributed by atoms with Crippen molar-refractivity contribution in [2.75, 3.05) is 26.3 Å². The average molecular weight is 491 g/mol. The van der Waals surface area contributed by atoms with Crippen LogP contribution in [0.5, 0.6) is 0 Å². The topological polar surface area (TPSA) is 87.2 Å². The molecule has 0 aromatic heterocycles. The molecule has 7 nitrogen and oxygen atoms in total. The lowest BCUT2D eigenvalue weighted by molar-refractivity contribution is -0.154. The smallest absolute Gasteiger partial charge is 0.311 e. The lowest BCUT2D eigenvalue weighted by Crippen LogP contribution is -2.55. The second-order valence-electron chi connectivity index (χ2n) is 10.2. The van der Waals surface area contributed by atoms with Gasteiger partial charge < -0.3 is 19.6 Å². The van der Waals surface area contributed by atoms with Gasteiger partial charge in [-0.05, 0) is 46.0 Å². The number of fused-ring (bicyclic) bond motifs is 2. The molecule has 0 aliphatic carbocycles. The summed E-state index contributed by atoms with van der Waals surface area (Å²) >= 11 is 1.60. The Hall–Kier alpha value is -1.80. The highest BCUT2D eigenvalue weighted by Crippen LogP contribution is 2.65. The lowest BCUT2D eigenvalue weighted by atomic mass is 9.74. The summed E-state index contributed by atoms with van der Waals surface area (Å²) in [6.07, 6.45) is 12.9. The molecule has 4 aliphatic rings. The number of esters is 1. The number of carbonyl (C=O) groups excluding carboxylic acids is 3. The quantitative estimate of drug-likeness (QED) is 0.320. The predicted octanol–water partition coefficient (Wildman–Crippen LogP) is 2.93. The maximum absolute atomic E-state index is 14.2. The molecule has 0 saturated carbocycles. The number of hydrogen-bond acceptors (Lipinski definition) is 6. The van der Waals surface area contributed by atoms with Gasteiger partial charge in [-0.1, -0.05) is 37.6 Å². The van der Waals surface area contributed by atoms with Gasteiger partial charge >= 0.3 is 5.97 Å². The summed E-state index contributed by atoms with van der Waals surface area (Å²) in [7, 11) is 0. The fourth-order valence-corrected chi connectivity index (χ4v) is 8.44. The summed E-state index contributed by atoms with van der Waals surface area (Å²) in [5.41, 5.74) is 0. The molecule has 1 spiro atoms. The van der Waals surface area contributed by atoms with Crippen LogP contribution in [0.25, 0.3) is 0 Å². The van der Waals surface area contributed by atoms with E-state index in [2.05, 4.69) is 26.0 Å². The van der Waals surface area contributed by atoms with Crippen LogP contribution in [-0.4, -0.2) is 80.6 Å². The zero-order valence-corrected chi connectivity index (χ0v) is 21.4. The number of aliphatic hydroxyl groups is 1. The van der Waals surface area contributed by atoms with Crippen molar-refractivity contribution in [3.05, 3.63) is 24.3 Å². The molecule has 4 aliphatic heterocycles. The molecular weight excluding hydrogens is 452 g/mol. The highest BCUT2D eigenvalue weighted by molar-refractivity contribution is 8.02. The van der Waals surface area contributed by atoms with E-state index < -0.39 is 27.4 Å². The number of unbranched alkanes of at least 4 members (excludes halogenated alkanes) is 2. The molecule has 0 radical (unpaired) electrons. The molecule has 2 amide bonds. The van der Waals surface area contributed by atoms with Crippen LogP contribution in [0.1, 0.15) is 59.3 Å². The molecular formula is C26H38N2O5S. The Morgan fingerprint density at radius 1 is 1.15 bits per heavy atom. The Morgan fingerprint density at radius 2 is 1.94 bits per heavy atom. The van der Waals surface area contributed by atoms with Gasteiger partial charge in [0.1, 0.15) is 6.04 Å². The van der Waals surface area contributed by atoms with Crippen molar-refractivity contribution < 1.29 is 24.2 Å². The number of nitrogens with zero attached hydrogens (tertiary/aromatic N) is 2. The van der Waals surface area contributed by atoms with Gasteiger partial charge in [0.25, 0.3) is 0 Å². The number of rotatable bonds is 8. The first-order valence-electron chi connectivity index (χ1n) is 12.7. The standard InChI is InChI=1S/C26H38N2O5S/c1-4-11-18(2)27-15-10-13-26-19(20-24(32)33-17-9-6-12-25(20,3)34-26)22(30)28(21(26)23(27)31)14-7-5-8-16-29/h6,10,12-13,18-21,29H,4-5,7-9,11,14-17H2,1-3H3/t18?,19-,20+,21?,25-,26-/m0/s1. The van der Waals surface area contributed by atoms with Crippen molar-refractivity contribution in [3.63, 3.8) is 0 Å². The minimum Gasteiger partial charge on any atom is -0.465 e. The average Bonchev–Trinajstić information content (AvgIpc) is 3.10. The largest absolute Gasteiger partial charge is 0.465 e. The zero-order chi connectivity index (χ0) is 24.5. The van der Waals surface area contributed by atoms with E-state index in [0.717, 1.165) is 19.3 Å². The number of ether oxygens (including phenoxy) is 1. The third-order valence-corrected chi connectivity index (χ3v) is 9.64. The minimum absolute atomic E-state index is 0.0216. The molecule has 0 aromatic carbocycles. The molecule has 6 atom stereocenters. The van der Waals surface area contributed by atoms with Gasteiger partial charge in [0.15, 0.2) is 0 Å². The Kier molecular flexibility index (Phi) is 7.48. The maximum Gasteiger partial charge on any atom is 0.311 e. The van der Waals surface area contributed by atoms with Crippen molar-refractivity contribution >= 4 is 29.5 Å². The van der Waals surface area contributed by atoms with E-state index in [1.54, 1.807) is 16.7 Å². The van der Waals surface area contributed by atoms with Crippen LogP contribution in [-0.2, 0) is 19.1 Å². The van der Waals surface area contributed by atoms with Gasteiger partial charge in [0.05, 0.1) is 23.2 Å². The molecule has 4 heterocycles. The Balaban J connectivity index is 1.78. The fraction of sp³-hybridized carbons (Fsp3) is 0.731. The van der Waals surface area contributed by atoms with E-state index in [9.17, 15) is 19.5 Å². The van der Waals surface area contributed by atoms with Crippen LogP contribution in [0.4, 0.5) is 0 Å². The van der Waals surface area contributed by atoms with E-state index in [-0.39, 0.29) is 30.4 Å². The summed E-state index contributed by atoms with van der Waals surface area (Å²) in [6, 6.07) is -0.573. The van der Waals surface area contributed by atoms with Crippen LogP contribution in [0.2, 0.25) is 0 Å². The predicted molar refractivity (Wildman–Crippen MR) is 132 cm³/mol. The second kappa shape index (κ2) is 10.1. The second-order valence-corrected chi connectivity index (χ2v) is 12.0. The molecule has 0 aromatic rings. The van der Waals surface area contributed by atoms with Gasteiger partial charge in [0.2, 0.25) is 11.8 Å². The number of aliphatic hydroxyl groups excluding tert-OH is 1. The number of hydrogen-bond donors (Lipinski definition) is 1. The molecule has 2 saturated heterocycles. The monoisotopic (exact) mass is 490 g/mol. The molecule has 8 heteroatoms. The summed E-state index contributed by atoms with van der Waals surface area (Å²) in [5.74, 6) is -1.75. The van der Waals surface area contributed by atoms with Gasteiger partial charge in [-0.2, -0.15) is 0 Å². The van der Waals surface area contributed by atoms with E-state index in [1.165, 1.54) is 0 Å². The molecule has 1 N–H and O–H groups in total. The Morgan fingerprint density at radius 3 is 2.68 bits per heavy atom. The summed E-state index contributed by atoms with van der Waals surface area (Å²) in [5, 5.41) is 9.18. The maximum atomic E-state index is 14.2. The van der Waals surface area contributed by atoms with Crippen LogP contribution in [0.3, 0.4) is 0 Å². The third kappa shape index (κ3) is 4.11. The minimum atomic E-state index is -0.807. The molecule has 4 rings (SSSR count). The molecule has 2 unspecified atom stereocenters. The first-order valence-corrected chi connectivity index (χ1v) is 13.6. The summed E-state index contributed by atoms with van der Waals surface area (Å²) in [4.78, 5) is 45.1. The molecule has 0 bridgehead atoms. The van der Waals surface area contributed by atoms with E-state index >= 15 is 0 Å². The third-order valence-electron chi connectivity index (χ3n) is 7.85. The molecule has 2 fully saturated rings. The van der Waals surface area contributed by atoms with Gasteiger partial charge in [-0.15, -0.1) is 11.8 Å². The van der Waals surface area contributed by atoms with Crippen LogP contribution in [0.15, 0.2) is 24.3 Å². The summed E-state index contributed by atoms with van der Waals surface area (Å²) < 4.78 is 4.15. The zero-order valence-electron chi connectivity index (χ0n) is 20.6. The first-order chi connectivity index (χ1) is 16.3. The van der Waals surface area contributed by atoms with Crippen molar-refractivity contribution in [2.45, 2.75) is 80.9 Å². The SMILES string of the molecule is CCCC(C)N1CC=C[C@]23S[C@@]4(C)C=CCCOC(=O)[C@H]4[C@H]2C(=O)N(CCCCCO)C3C1=O. The first kappa shape index (κ1) is 25.3. The van der Waals surface area contributed by atoms with E-state index in [4.69, 9.17) is 4.74 Å².